The zero-order valence-electron chi connectivity index (χ0n) is 15.8. The molecular formula is C17H32ClN5O2. The SMILES string of the molecule is CCC(CC)N(CCOC)C(=O)c1nnn(C2CCNCC2)c1C.Cl. The molecule has 0 saturated carbocycles. The summed E-state index contributed by atoms with van der Waals surface area (Å²) in [5.74, 6) is -0.0292. The number of rotatable bonds is 8. The van der Waals surface area contributed by atoms with Crippen molar-refractivity contribution in [3.05, 3.63) is 11.4 Å². The molecule has 1 N–H and O–H groups in total. The fraction of sp³-hybridized carbons (Fsp3) is 0.824. The largest absolute Gasteiger partial charge is 0.383 e. The first-order valence-electron chi connectivity index (χ1n) is 9.06. The van der Waals surface area contributed by atoms with Crippen LogP contribution in [0.15, 0.2) is 0 Å². The minimum absolute atomic E-state index is 0. The number of halogens is 1. The Hall–Kier alpha value is -1.18. The molecule has 1 amide bonds. The molecule has 0 aliphatic carbocycles. The van der Waals surface area contributed by atoms with E-state index in [0.29, 0.717) is 24.9 Å². The van der Waals surface area contributed by atoms with Gasteiger partial charge in [-0.15, -0.1) is 17.5 Å². The number of piperidine rings is 1. The molecule has 0 radical (unpaired) electrons. The zero-order chi connectivity index (χ0) is 17.5. The van der Waals surface area contributed by atoms with Gasteiger partial charge >= 0.3 is 0 Å². The average Bonchev–Trinajstić information content (AvgIpc) is 3.00. The third-order valence-corrected chi connectivity index (χ3v) is 4.97. The Morgan fingerprint density at radius 3 is 2.56 bits per heavy atom. The molecule has 8 heteroatoms. The maximum Gasteiger partial charge on any atom is 0.276 e. The predicted molar refractivity (Wildman–Crippen MR) is 100 cm³/mol. The fourth-order valence-corrected chi connectivity index (χ4v) is 3.44. The summed E-state index contributed by atoms with van der Waals surface area (Å²) < 4.78 is 7.13. The van der Waals surface area contributed by atoms with E-state index < -0.39 is 0 Å². The van der Waals surface area contributed by atoms with Gasteiger partial charge in [-0.1, -0.05) is 19.1 Å². The topological polar surface area (TPSA) is 72.3 Å². The Bertz CT molecular complexity index is 527. The number of methoxy groups -OCH3 is 1. The molecule has 7 nitrogen and oxygen atoms in total. The number of hydrogen-bond acceptors (Lipinski definition) is 5. The lowest BCUT2D eigenvalue weighted by Crippen LogP contribution is -2.42. The average molecular weight is 374 g/mol. The van der Waals surface area contributed by atoms with Crippen molar-refractivity contribution in [2.75, 3.05) is 33.4 Å². The minimum atomic E-state index is -0.0292. The molecule has 1 fully saturated rings. The van der Waals surface area contributed by atoms with Crippen LogP contribution in [0.4, 0.5) is 0 Å². The maximum absolute atomic E-state index is 13.1. The van der Waals surface area contributed by atoms with Gasteiger partial charge in [-0.3, -0.25) is 4.79 Å². The number of carbonyl (C=O) groups is 1. The van der Waals surface area contributed by atoms with E-state index in [-0.39, 0.29) is 24.4 Å². The molecule has 0 aromatic carbocycles. The fourth-order valence-electron chi connectivity index (χ4n) is 3.44. The molecule has 1 aromatic rings. The lowest BCUT2D eigenvalue weighted by atomic mass is 10.1. The summed E-state index contributed by atoms with van der Waals surface area (Å²) in [7, 11) is 1.66. The molecule has 0 bridgehead atoms. The van der Waals surface area contributed by atoms with E-state index in [2.05, 4.69) is 29.5 Å². The smallest absolute Gasteiger partial charge is 0.276 e. The van der Waals surface area contributed by atoms with E-state index in [4.69, 9.17) is 4.74 Å². The van der Waals surface area contributed by atoms with Crippen LogP contribution in [0.1, 0.15) is 61.8 Å². The van der Waals surface area contributed by atoms with Crippen molar-refractivity contribution in [1.82, 2.24) is 25.2 Å². The molecule has 0 unspecified atom stereocenters. The quantitative estimate of drug-likeness (QED) is 0.756. The van der Waals surface area contributed by atoms with Gasteiger partial charge in [0.25, 0.3) is 5.91 Å². The molecular weight excluding hydrogens is 342 g/mol. The highest BCUT2D eigenvalue weighted by Gasteiger charge is 2.28. The normalized spacial score (nSPS) is 15.2. The van der Waals surface area contributed by atoms with Gasteiger partial charge in [0, 0.05) is 19.7 Å². The van der Waals surface area contributed by atoms with E-state index in [0.717, 1.165) is 44.5 Å². The molecule has 144 valence electrons. The van der Waals surface area contributed by atoms with Crippen LogP contribution < -0.4 is 5.32 Å². The van der Waals surface area contributed by atoms with Crippen molar-refractivity contribution in [3.8, 4) is 0 Å². The Morgan fingerprint density at radius 1 is 1.36 bits per heavy atom. The Kier molecular flexibility index (Phi) is 9.38. The highest BCUT2D eigenvalue weighted by atomic mass is 35.5. The van der Waals surface area contributed by atoms with Crippen LogP contribution in [0.3, 0.4) is 0 Å². The summed E-state index contributed by atoms with van der Waals surface area (Å²) >= 11 is 0. The maximum atomic E-state index is 13.1. The second kappa shape index (κ2) is 10.7. The lowest BCUT2D eigenvalue weighted by Gasteiger charge is -2.30. The Labute approximate surface area is 156 Å². The van der Waals surface area contributed by atoms with Crippen molar-refractivity contribution >= 4 is 18.3 Å². The van der Waals surface area contributed by atoms with Crippen molar-refractivity contribution < 1.29 is 9.53 Å². The summed E-state index contributed by atoms with van der Waals surface area (Å²) in [6, 6.07) is 0.539. The lowest BCUT2D eigenvalue weighted by molar-refractivity contribution is 0.0582. The first-order chi connectivity index (χ1) is 11.6. The van der Waals surface area contributed by atoms with Gasteiger partial charge in [-0.25, -0.2) is 4.68 Å². The molecule has 0 spiro atoms. The summed E-state index contributed by atoms with van der Waals surface area (Å²) in [6.45, 7) is 9.27. The van der Waals surface area contributed by atoms with E-state index in [1.54, 1.807) is 7.11 Å². The number of carbonyl (C=O) groups excluding carboxylic acids is 1. The first-order valence-corrected chi connectivity index (χ1v) is 9.06. The van der Waals surface area contributed by atoms with Gasteiger partial charge < -0.3 is 15.0 Å². The molecule has 2 heterocycles. The molecule has 1 aromatic heterocycles. The Balaban J connectivity index is 0.00000312. The van der Waals surface area contributed by atoms with Crippen LogP contribution >= 0.6 is 12.4 Å². The third kappa shape index (κ3) is 5.15. The predicted octanol–water partition coefficient (Wildman–Crippen LogP) is 2.21. The number of hydrogen-bond donors (Lipinski definition) is 1. The highest BCUT2D eigenvalue weighted by molar-refractivity contribution is 5.93. The van der Waals surface area contributed by atoms with Crippen molar-refractivity contribution in [2.24, 2.45) is 0 Å². The van der Waals surface area contributed by atoms with Crippen LogP contribution in [-0.4, -0.2) is 65.2 Å². The van der Waals surface area contributed by atoms with Gasteiger partial charge in [0.2, 0.25) is 0 Å². The standard InChI is InChI=1S/C17H31N5O2.ClH/c1-5-14(6-2)21(11-12-24-4)17(23)16-13(3)22(20-19-16)15-7-9-18-10-8-15;/h14-15,18H,5-12H2,1-4H3;1H. The molecule has 2 rings (SSSR count). The van der Waals surface area contributed by atoms with Gasteiger partial charge in [0.15, 0.2) is 5.69 Å². The number of nitrogens with one attached hydrogen (secondary N) is 1. The number of aromatic nitrogens is 3. The van der Waals surface area contributed by atoms with Crippen molar-refractivity contribution in [3.63, 3.8) is 0 Å². The number of nitrogens with zero attached hydrogens (tertiary/aromatic N) is 4. The zero-order valence-corrected chi connectivity index (χ0v) is 16.6. The van der Waals surface area contributed by atoms with Gasteiger partial charge in [-0.2, -0.15) is 0 Å². The monoisotopic (exact) mass is 373 g/mol. The summed E-state index contributed by atoms with van der Waals surface area (Å²) in [4.78, 5) is 15.0. The third-order valence-electron chi connectivity index (χ3n) is 4.97. The molecule has 1 aliphatic heterocycles. The van der Waals surface area contributed by atoms with Gasteiger partial charge in [0.1, 0.15) is 0 Å². The van der Waals surface area contributed by atoms with Crippen LogP contribution in [0.5, 0.6) is 0 Å². The number of ether oxygens (including phenoxy) is 1. The van der Waals surface area contributed by atoms with Crippen molar-refractivity contribution in [1.29, 1.82) is 0 Å². The second-order valence-electron chi connectivity index (χ2n) is 6.41. The molecule has 25 heavy (non-hydrogen) atoms. The first kappa shape index (κ1) is 21.9. The van der Waals surface area contributed by atoms with Crippen LogP contribution in [-0.2, 0) is 4.74 Å². The van der Waals surface area contributed by atoms with E-state index in [9.17, 15) is 4.79 Å². The molecule has 1 saturated heterocycles. The van der Waals surface area contributed by atoms with Gasteiger partial charge in [-0.05, 0) is 45.7 Å². The van der Waals surface area contributed by atoms with Crippen molar-refractivity contribution in [2.45, 2.75) is 58.5 Å². The van der Waals surface area contributed by atoms with E-state index in [1.165, 1.54) is 0 Å². The van der Waals surface area contributed by atoms with Gasteiger partial charge in [0.05, 0.1) is 18.3 Å². The minimum Gasteiger partial charge on any atom is -0.383 e. The Morgan fingerprint density at radius 2 is 2.00 bits per heavy atom. The molecule has 0 atom stereocenters. The summed E-state index contributed by atoms with van der Waals surface area (Å²) in [6.07, 6.45) is 3.90. The highest BCUT2D eigenvalue weighted by Crippen LogP contribution is 2.22. The van der Waals surface area contributed by atoms with E-state index >= 15 is 0 Å². The van der Waals surface area contributed by atoms with E-state index in [1.807, 2.05) is 16.5 Å². The number of amides is 1. The second-order valence-corrected chi connectivity index (χ2v) is 6.41. The summed E-state index contributed by atoms with van der Waals surface area (Å²) in [5.41, 5.74) is 1.36. The molecule has 1 aliphatic rings. The van der Waals surface area contributed by atoms with Crippen LogP contribution in [0.25, 0.3) is 0 Å². The summed E-state index contributed by atoms with van der Waals surface area (Å²) in [5, 5.41) is 11.9. The van der Waals surface area contributed by atoms with Crippen LogP contribution in [0, 0.1) is 6.92 Å². The van der Waals surface area contributed by atoms with Crippen LogP contribution in [0.2, 0.25) is 0 Å².